The number of rotatable bonds is 6. The van der Waals surface area contributed by atoms with Gasteiger partial charge in [0.1, 0.15) is 12.4 Å². The van der Waals surface area contributed by atoms with Gasteiger partial charge in [0.2, 0.25) is 0 Å². The molecule has 1 heterocycles. The molecule has 2 aromatic rings. The molecule has 0 N–H and O–H groups in total. The van der Waals surface area contributed by atoms with Gasteiger partial charge in [0, 0.05) is 31.4 Å². The third-order valence-corrected chi connectivity index (χ3v) is 4.06. The molecule has 0 radical (unpaired) electrons. The molecule has 130 valence electrons. The van der Waals surface area contributed by atoms with E-state index in [2.05, 4.69) is 0 Å². The van der Waals surface area contributed by atoms with Crippen molar-refractivity contribution in [3.63, 3.8) is 0 Å². The van der Waals surface area contributed by atoms with Gasteiger partial charge in [-0.2, -0.15) is 0 Å². The van der Waals surface area contributed by atoms with Gasteiger partial charge < -0.3 is 14.4 Å². The van der Waals surface area contributed by atoms with Crippen molar-refractivity contribution < 1.29 is 19.2 Å². The summed E-state index contributed by atoms with van der Waals surface area (Å²) in [6.07, 6.45) is 0.684. The van der Waals surface area contributed by atoms with Gasteiger partial charge in [0.15, 0.2) is 0 Å². The zero-order chi connectivity index (χ0) is 17.8. The summed E-state index contributed by atoms with van der Waals surface area (Å²) < 4.78 is 10.5. The lowest BCUT2D eigenvalue weighted by atomic mass is 10.1. The monoisotopic (exact) mass is 342 g/mol. The SMILES string of the molecule is COCCOc1cccc(C(=O)N2CCc3ccc([N+](=O)[O-])cc32)c1. The zero-order valence-electron chi connectivity index (χ0n) is 13.8. The van der Waals surface area contributed by atoms with Crippen molar-refractivity contribution in [1.82, 2.24) is 0 Å². The number of methoxy groups -OCH3 is 1. The fourth-order valence-electron chi connectivity index (χ4n) is 2.81. The van der Waals surface area contributed by atoms with E-state index in [-0.39, 0.29) is 11.6 Å². The Morgan fingerprint density at radius 2 is 2.08 bits per heavy atom. The largest absolute Gasteiger partial charge is 0.491 e. The van der Waals surface area contributed by atoms with Gasteiger partial charge in [-0.15, -0.1) is 0 Å². The van der Waals surface area contributed by atoms with Gasteiger partial charge in [-0.3, -0.25) is 14.9 Å². The Kier molecular flexibility index (Phi) is 4.95. The van der Waals surface area contributed by atoms with E-state index < -0.39 is 4.92 Å². The highest BCUT2D eigenvalue weighted by molar-refractivity contribution is 6.07. The van der Waals surface area contributed by atoms with Crippen molar-refractivity contribution in [2.24, 2.45) is 0 Å². The molecule has 0 saturated heterocycles. The fourth-order valence-corrected chi connectivity index (χ4v) is 2.81. The Hall–Kier alpha value is -2.93. The molecule has 25 heavy (non-hydrogen) atoms. The Bertz CT molecular complexity index is 806. The van der Waals surface area contributed by atoms with Gasteiger partial charge in [0.05, 0.1) is 17.2 Å². The number of fused-ring (bicyclic) bond motifs is 1. The van der Waals surface area contributed by atoms with E-state index in [4.69, 9.17) is 9.47 Å². The summed E-state index contributed by atoms with van der Waals surface area (Å²) in [5, 5.41) is 11.0. The average Bonchev–Trinajstić information content (AvgIpc) is 3.04. The van der Waals surface area contributed by atoms with Crippen LogP contribution in [0.25, 0.3) is 0 Å². The highest BCUT2D eigenvalue weighted by atomic mass is 16.6. The van der Waals surface area contributed by atoms with E-state index in [0.29, 0.717) is 43.2 Å². The maximum absolute atomic E-state index is 12.8. The first-order valence-corrected chi connectivity index (χ1v) is 7.91. The van der Waals surface area contributed by atoms with Crippen LogP contribution >= 0.6 is 0 Å². The van der Waals surface area contributed by atoms with E-state index in [1.165, 1.54) is 12.1 Å². The Morgan fingerprint density at radius 1 is 1.24 bits per heavy atom. The second-order valence-corrected chi connectivity index (χ2v) is 5.65. The number of non-ortho nitro benzene ring substituents is 1. The molecule has 2 aromatic carbocycles. The molecule has 1 aliphatic rings. The average molecular weight is 342 g/mol. The summed E-state index contributed by atoms with van der Waals surface area (Å²) in [6, 6.07) is 11.5. The number of anilines is 1. The minimum absolute atomic E-state index is 0.0184. The number of amides is 1. The van der Waals surface area contributed by atoms with Crippen LogP contribution in [0, 0.1) is 10.1 Å². The van der Waals surface area contributed by atoms with Crippen molar-refractivity contribution in [2.45, 2.75) is 6.42 Å². The molecule has 0 fully saturated rings. The van der Waals surface area contributed by atoms with Crippen molar-refractivity contribution in [3.8, 4) is 5.75 Å². The van der Waals surface area contributed by atoms with Crippen LogP contribution in [0.15, 0.2) is 42.5 Å². The summed E-state index contributed by atoms with van der Waals surface area (Å²) in [4.78, 5) is 25.0. The van der Waals surface area contributed by atoms with Crippen LogP contribution in [-0.2, 0) is 11.2 Å². The first-order valence-electron chi connectivity index (χ1n) is 7.91. The molecule has 7 heteroatoms. The van der Waals surface area contributed by atoms with Crippen LogP contribution in [0.2, 0.25) is 0 Å². The van der Waals surface area contributed by atoms with E-state index in [1.807, 2.05) is 0 Å². The number of hydrogen-bond donors (Lipinski definition) is 0. The van der Waals surface area contributed by atoms with Crippen molar-refractivity contribution >= 4 is 17.3 Å². The van der Waals surface area contributed by atoms with E-state index in [1.54, 1.807) is 42.3 Å². The number of ether oxygens (including phenoxy) is 2. The molecule has 0 spiro atoms. The van der Waals surface area contributed by atoms with Crippen molar-refractivity contribution in [2.75, 3.05) is 31.8 Å². The number of hydrogen-bond acceptors (Lipinski definition) is 5. The lowest BCUT2D eigenvalue weighted by Crippen LogP contribution is -2.28. The lowest BCUT2D eigenvalue weighted by molar-refractivity contribution is -0.384. The third-order valence-electron chi connectivity index (χ3n) is 4.06. The van der Waals surface area contributed by atoms with Gasteiger partial charge in [-0.25, -0.2) is 0 Å². The van der Waals surface area contributed by atoms with Crippen LogP contribution in [0.4, 0.5) is 11.4 Å². The summed E-state index contributed by atoms with van der Waals surface area (Å²) in [5.74, 6) is 0.387. The predicted molar refractivity (Wildman–Crippen MR) is 92.3 cm³/mol. The molecule has 1 aliphatic heterocycles. The lowest BCUT2D eigenvalue weighted by Gasteiger charge is -2.17. The Morgan fingerprint density at radius 3 is 2.84 bits per heavy atom. The second-order valence-electron chi connectivity index (χ2n) is 5.65. The maximum Gasteiger partial charge on any atom is 0.271 e. The van der Waals surface area contributed by atoms with Crippen molar-refractivity contribution in [3.05, 3.63) is 63.7 Å². The standard InChI is InChI=1S/C18H18N2O5/c1-24-9-10-25-16-4-2-3-14(11-16)18(21)19-8-7-13-5-6-15(20(22)23)12-17(13)19/h2-6,11-12H,7-10H2,1H3. The number of nitro groups is 1. The van der Waals surface area contributed by atoms with Crippen LogP contribution in [0.3, 0.4) is 0 Å². The number of nitro benzene ring substituents is 1. The molecule has 0 aromatic heterocycles. The molecule has 0 unspecified atom stereocenters. The van der Waals surface area contributed by atoms with Gasteiger partial charge >= 0.3 is 0 Å². The molecular formula is C18H18N2O5. The second kappa shape index (κ2) is 7.31. The molecule has 0 bridgehead atoms. The van der Waals surface area contributed by atoms with Gasteiger partial charge in [0.25, 0.3) is 11.6 Å². The normalized spacial score (nSPS) is 12.8. The maximum atomic E-state index is 12.8. The number of benzene rings is 2. The van der Waals surface area contributed by atoms with E-state index in [9.17, 15) is 14.9 Å². The number of nitrogens with zero attached hydrogens (tertiary/aromatic N) is 2. The molecule has 3 rings (SSSR count). The van der Waals surface area contributed by atoms with Crippen molar-refractivity contribution in [1.29, 1.82) is 0 Å². The Labute approximate surface area is 144 Å². The van der Waals surface area contributed by atoms with E-state index >= 15 is 0 Å². The fraction of sp³-hybridized carbons (Fsp3) is 0.278. The Balaban J connectivity index is 1.82. The summed E-state index contributed by atoms with van der Waals surface area (Å²) in [6.45, 7) is 1.36. The van der Waals surface area contributed by atoms with Gasteiger partial charge in [-0.05, 0) is 30.2 Å². The smallest absolute Gasteiger partial charge is 0.271 e. The molecule has 0 atom stereocenters. The summed E-state index contributed by atoms with van der Waals surface area (Å²) >= 11 is 0. The summed E-state index contributed by atoms with van der Waals surface area (Å²) in [7, 11) is 1.59. The van der Waals surface area contributed by atoms with Crippen LogP contribution in [0.5, 0.6) is 5.75 Å². The zero-order valence-corrected chi connectivity index (χ0v) is 13.8. The molecule has 0 saturated carbocycles. The highest BCUT2D eigenvalue weighted by Gasteiger charge is 2.27. The quantitative estimate of drug-likeness (QED) is 0.458. The molecule has 0 aliphatic carbocycles. The topological polar surface area (TPSA) is 81.9 Å². The molecule has 1 amide bonds. The highest BCUT2D eigenvalue weighted by Crippen LogP contribution is 2.33. The van der Waals surface area contributed by atoms with Crippen LogP contribution < -0.4 is 9.64 Å². The summed E-state index contributed by atoms with van der Waals surface area (Å²) in [5.41, 5.74) is 2.00. The third kappa shape index (κ3) is 3.61. The van der Waals surface area contributed by atoms with Crippen LogP contribution in [-0.4, -0.2) is 37.7 Å². The number of carbonyl (C=O) groups is 1. The van der Waals surface area contributed by atoms with Gasteiger partial charge in [-0.1, -0.05) is 12.1 Å². The first-order chi connectivity index (χ1) is 12.1. The van der Waals surface area contributed by atoms with Crippen LogP contribution in [0.1, 0.15) is 15.9 Å². The molecule has 7 nitrogen and oxygen atoms in total. The predicted octanol–water partition coefficient (Wildman–Crippen LogP) is 2.82. The van der Waals surface area contributed by atoms with E-state index in [0.717, 1.165) is 5.56 Å². The molecular weight excluding hydrogens is 324 g/mol. The minimum Gasteiger partial charge on any atom is -0.491 e. The minimum atomic E-state index is -0.453. The first kappa shape index (κ1) is 16.9. The number of carbonyl (C=O) groups excluding carboxylic acids is 1.